The fourth-order valence-electron chi connectivity index (χ4n) is 2.72. The van der Waals surface area contributed by atoms with Crippen molar-refractivity contribution in [2.75, 3.05) is 19.4 Å². The lowest BCUT2D eigenvalue weighted by Crippen LogP contribution is -2.38. The van der Waals surface area contributed by atoms with Gasteiger partial charge in [0.1, 0.15) is 0 Å². The maximum Gasteiger partial charge on any atom is 0.321 e. The first-order chi connectivity index (χ1) is 13.1. The quantitative estimate of drug-likeness (QED) is 0.710. The van der Waals surface area contributed by atoms with Crippen molar-refractivity contribution in [1.29, 1.82) is 0 Å². The molecule has 2 aromatic rings. The number of benzene rings is 1. The van der Waals surface area contributed by atoms with Crippen LogP contribution in [0.25, 0.3) is 11.4 Å². The second kappa shape index (κ2) is 9.20. The molecule has 1 saturated heterocycles. The van der Waals surface area contributed by atoms with Crippen molar-refractivity contribution in [3.63, 3.8) is 0 Å². The first-order valence-electron chi connectivity index (χ1n) is 8.52. The molecule has 27 heavy (non-hydrogen) atoms. The van der Waals surface area contributed by atoms with Gasteiger partial charge in [0, 0.05) is 24.2 Å². The average Bonchev–Trinajstić information content (AvgIpc) is 3.31. The second-order valence-electron chi connectivity index (χ2n) is 5.97. The zero-order chi connectivity index (χ0) is 19.2. The van der Waals surface area contributed by atoms with Crippen molar-refractivity contribution in [3.05, 3.63) is 29.3 Å². The third kappa shape index (κ3) is 5.21. The van der Waals surface area contributed by atoms with Crippen LogP contribution in [0.3, 0.4) is 0 Å². The summed E-state index contributed by atoms with van der Waals surface area (Å²) >= 11 is 7.20. The van der Waals surface area contributed by atoms with Crippen LogP contribution in [0, 0.1) is 0 Å². The first kappa shape index (κ1) is 19.7. The van der Waals surface area contributed by atoms with Crippen LogP contribution in [-0.4, -0.2) is 52.2 Å². The number of nitrogens with zero attached hydrogens (tertiary/aromatic N) is 3. The molecular weight excluding hydrogens is 390 g/mol. The number of nitrogens with one attached hydrogen (secondary N) is 2. The molecule has 2 heterocycles. The van der Waals surface area contributed by atoms with E-state index in [0.29, 0.717) is 22.5 Å². The predicted octanol–water partition coefficient (Wildman–Crippen LogP) is 2.33. The zero-order valence-corrected chi connectivity index (χ0v) is 16.3. The van der Waals surface area contributed by atoms with E-state index in [1.807, 2.05) is 16.7 Å². The zero-order valence-electron chi connectivity index (χ0n) is 14.8. The molecule has 1 aliphatic rings. The van der Waals surface area contributed by atoms with Crippen LogP contribution in [0.5, 0.6) is 0 Å². The Labute approximate surface area is 166 Å². The molecule has 1 aromatic heterocycles. The topological polar surface area (TPSA) is 98.1 Å². The van der Waals surface area contributed by atoms with Crippen molar-refractivity contribution in [3.8, 4) is 11.4 Å². The summed E-state index contributed by atoms with van der Waals surface area (Å²) in [5.74, 6) is 0.341. The van der Waals surface area contributed by atoms with E-state index in [-0.39, 0.29) is 11.9 Å². The van der Waals surface area contributed by atoms with Crippen molar-refractivity contribution in [2.24, 2.45) is 0 Å². The molecule has 1 atom stereocenters. The van der Waals surface area contributed by atoms with Crippen molar-refractivity contribution in [1.82, 2.24) is 25.4 Å². The van der Waals surface area contributed by atoms with Crippen LogP contribution in [-0.2, 0) is 16.1 Å². The number of imide groups is 1. The molecule has 2 N–H and O–H groups in total. The number of hydrogen-bond donors (Lipinski definition) is 2. The highest BCUT2D eigenvalue weighted by atomic mass is 35.5. The molecular formula is C17H20ClN5O3S. The van der Waals surface area contributed by atoms with E-state index < -0.39 is 11.9 Å². The largest absolute Gasteiger partial charge is 0.376 e. The van der Waals surface area contributed by atoms with Crippen LogP contribution in [0.2, 0.25) is 5.02 Å². The number of rotatable bonds is 6. The van der Waals surface area contributed by atoms with Crippen molar-refractivity contribution >= 4 is 35.3 Å². The summed E-state index contributed by atoms with van der Waals surface area (Å²) in [7, 11) is 1.45. The summed E-state index contributed by atoms with van der Waals surface area (Å²) in [6, 6.07) is 6.82. The maximum atomic E-state index is 11.9. The molecule has 0 radical (unpaired) electrons. The molecule has 1 fully saturated rings. The average molecular weight is 410 g/mol. The molecule has 8 nitrogen and oxygen atoms in total. The van der Waals surface area contributed by atoms with Gasteiger partial charge in [-0.2, -0.15) is 0 Å². The highest BCUT2D eigenvalue weighted by molar-refractivity contribution is 7.99. The monoisotopic (exact) mass is 409 g/mol. The first-order valence-corrected chi connectivity index (χ1v) is 9.88. The number of aromatic nitrogens is 3. The van der Waals surface area contributed by atoms with Gasteiger partial charge in [-0.1, -0.05) is 23.4 Å². The molecule has 3 amide bonds. The van der Waals surface area contributed by atoms with Crippen LogP contribution in [0.15, 0.2) is 29.4 Å². The molecule has 0 unspecified atom stereocenters. The Morgan fingerprint density at radius 1 is 1.33 bits per heavy atom. The molecule has 0 bridgehead atoms. The second-order valence-corrected chi connectivity index (χ2v) is 7.35. The SMILES string of the molecule is CNC(=O)NC(=O)CSc1nnc(-c2ccc(Cl)cc2)n1C[C@H]1CCCO1. The molecule has 10 heteroatoms. The number of halogens is 1. The van der Waals surface area contributed by atoms with Gasteiger partial charge in [0.15, 0.2) is 11.0 Å². The van der Waals surface area contributed by atoms with Gasteiger partial charge in [0.2, 0.25) is 5.91 Å². The Morgan fingerprint density at radius 3 is 2.78 bits per heavy atom. The van der Waals surface area contributed by atoms with Crippen LogP contribution in [0.1, 0.15) is 12.8 Å². The molecule has 3 rings (SSSR count). The van der Waals surface area contributed by atoms with E-state index in [0.717, 1.165) is 25.0 Å². The number of carbonyl (C=O) groups excluding carboxylic acids is 2. The number of thioether (sulfide) groups is 1. The van der Waals surface area contributed by atoms with E-state index >= 15 is 0 Å². The van der Waals surface area contributed by atoms with E-state index in [1.54, 1.807) is 12.1 Å². The van der Waals surface area contributed by atoms with Gasteiger partial charge in [-0.05, 0) is 37.1 Å². The Balaban J connectivity index is 1.78. The van der Waals surface area contributed by atoms with E-state index in [4.69, 9.17) is 16.3 Å². The number of amides is 3. The van der Waals surface area contributed by atoms with Gasteiger partial charge in [0.05, 0.1) is 18.4 Å². The van der Waals surface area contributed by atoms with Crippen LogP contribution < -0.4 is 10.6 Å². The number of hydrogen-bond acceptors (Lipinski definition) is 6. The summed E-state index contributed by atoms with van der Waals surface area (Å²) in [6.45, 7) is 1.35. The molecule has 1 aliphatic heterocycles. The Morgan fingerprint density at radius 2 is 2.11 bits per heavy atom. The fourth-order valence-corrected chi connectivity index (χ4v) is 3.59. The van der Waals surface area contributed by atoms with Gasteiger partial charge in [0.25, 0.3) is 0 Å². The summed E-state index contributed by atoms with van der Waals surface area (Å²) in [6.07, 6.45) is 2.09. The summed E-state index contributed by atoms with van der Waals surface area (Å²) < 4.78 is 7.70. The van der Waals surface area contributed by atoms with Crippen molar-refractivity contribution in [2.45, 2.75) is 30.6 Å². The summed E-state index contributed by atoms with van der Waals surface area (Å²) in [5.41, 5.74) is 0.881. The highest BCUT2D eigenvalue weighted by Crippen LogP contribution is 2.27. The third-order valence-corrected chi connectivity index (χ3v) is 5.26. The van der Waals surface area contributed by atoms with E-state index in [1.165, 1.54) is 18.8 Å². The van der Waals surface area contributed by atoms with Crippen molar-refractivity contribution < 1.29 is 14.3 Å². The number of urea groups is 1. The molecule has 144 valence electrons. The van der Waals surface area contributed by atoms with E-state index in [9.17, 15) is 9.59 Å². The van der Waals surface area contributed by atoms with E-state index in [2.05, 4.69) is 20.8 Å². The lowest BCUT2D eigenvalue weighted by atomic mass is 10.2. The third-order valence-electron chi connectivity index (χ3n) is 4.04. The molecule has 1 aromatic carbocycles. The Bertz CT molecular complexity index is 805. The maximum absolute atomic E-state index is 11.9. The normalized spacial score (nSPS) is 16.3. The van der Waals surface area contributed by atoms with Crippen LogP contribution in [0.4, 0.5) is 4.79 Å². The standard InChI is InChI=1S/C17H20ClN5O3S/c1-19-16(25)20-14(24)10-27-17-22-21-15(11-4-6-12(18)7-5-11)23(17)9-13-3-2-8-26-13/h4-7,13H,2-3,8-10H2,1H3,(H2,19,20,24,25)/t13-/m1/s1. The van der Waals surface area contributed by atoms with Gasteiger partial charge in [-0.15, -0.1) is 10.2 Å². The minimum absolute atomic E-state index is 0.0533. The fraction of sp³-hybridized carbons (Fsp3) is 0.412. The van der Waals surface area contributed by atoms with Gasteiger partial charge < -0.3 is 10.1 Å². The minimum Gasteiger partial charge on any atom is -0.376 e. The van der Waals surface area contributed by atoms with Gasteiger partial charge in [-0.25, -0.2) is 4.79 Å². The Hall–Kier alpha value is -2.10. The summed E-state index contributed by atoms with van der Waals surface area (Å²) in [4.78, 5) is 23.1. The summed E-state index contributed by atoms with van der Waals surface area (Å²) in [5, 5.41) is 14.3. The lowest BCUT2D eigenvalue weighted by molar-refractivity contribution is -0.117. The van der Waals surface area contributed by atoms with Crippen LogP contribution >= 0.6 is 23.4 Å². The molecule has 0 aliphatic carbocycles. The van der Waals surface area contributed by atoms with Gasteiger partial charge in [-0.3, -0.25) is 14.7 Å². The minimum atomic E-state index is -0.539. The van der Waals surface area contributed by atoms with Gasteiger partial charge >= 0.3 is 6.03 Å². The smallest absolute Gasteiger partial charge is 0.321 e. The highest BCUT2D eigenvalue weighted by Gasteiger charge is 2.22. The molecule has 0 saturated carbocycles. The molecule has 0 spiro atoms. The Kier molecular flexibility index (Phi) is 6.70. The number of ether oxygens (including phenoxy) is 1. The number of carbonyl (C=O) groups is 2. The lowest BCUT2D eigenvalue weighted by Gasteiger charge is -2.14. The predicted molar refractivity (Wildman–Crippen MR) is 103 cm³/mol.